The SMILES string of the molecule is COc1cccc(C(=O)N[C@H](CCC(N)=O)C(=O)O)c1O. The Morgan fingerprint density at radius 1 is 1.38 bits per heavy atom. The molecule has 2 amide bonds. The van der Waals surface area contributed by atoms with Crippen LogP contribution in [0.4, 0.5) is 0 Å². The third kappa shape index (κ3) is 4.37. The van der Waals surface area contributed by atoms with Gasteiger partial charge < -0.3 is 26.0 Å². The molecule has 1 aromatic rings. The number of primary amides is 1. The van der Waals surface area contributed by atoms with Gasteiger partial charge in [0, 0.05) is 6.42 Å². The number of carbonyl (C=O) groups is 3. The molecule has 8 nitrogen and oxygen atoms in total. The van der Waals surface area contributed by atoms with Crippen LogP contribution in [0.15, 0.2) is 18.2 Å². The molecule has 0 unspecified atom stereocenters. The third-order valence-electron chi connectivity index (χ3n) is 2.75. The molecule has 114 valence electrons. The summed E-state index contributed by atoms with van der Waals surface area (Å²) in [6, 6.07) is 2.97. The molecule has 1 rings (SSSR count). The highest BCUT2D eigenvalue weighted by Crippen LogP contribution is 2.29. The summed E-state index contributed by atoms with van der Waals surface area (Å²) in [5, 5.41) is 21.0. The lowest BCUT2D eigenvalue weighted by molar-refractivity contribution is -0.139. The van der Waals surface area contributed by atoms with E-state index in [1.807, 2.05) is 0 Å². The number of para-hydroxylation sites is 1. The van der Waals surface area contributed by atoms with Gasteiger partial charge in [-0.05, 0) is 18.6 Å². The minimum Gasteiger partial charge on any atom is -0.504 e. The Morgan fingerprint density at radius 2 is 2.05 bits per heavy atom. The maximum atomic E-state index is 12.0. The van der Waals surface area contributed by atoms with E-state index < -0.39 is 29.6 Å². The summed E-state index contributed by atoms with van der Waals surface area (Å²) in [5.74, 6) is -3.06. The van der Waals surface area contributed by atoms with Gasteiger partial charge in [-0.15, -0.1) is 0 Å². The van der Waals surface area contributed by atoms with Gasteiger partial charge in [-0.3, -0.25) is 9.59 Å². The molecule has 0 saturated carbocycles. The zero-order chi connectivity index (χ0) is 16.0. The lowest BCUT2D eigenvalue weighted by Gasteiger charge is -2.15. The Bertz CT molecular complexity index is 558. The summed E-state index contributed by atoms with van der Waals surface area (Å²) >= 11 is 0. The van der Waals surface area contributed by atoms with Gasteiger partial charge in [0.25, 0.3) is 5.91 Å². The minimum atomic E-state index is -1.30. The number of hydrogen-bond donors (Lipinski definition) is 4. The molecule has 0 saturated heterocycles. The van der Waals surface area contributed by atoms with Crippen LogP contribution >= 0.6 is 0 Å². The largest absolute Gasteiger partial charge is 0.504 e. The van der Waals surface area contributed by atoms with Gasteiger partial charge in [0.1, 0.15) is 6.04 Å². The van der Waals surface area contributed by atoms with Gasteiger partial charge in [0.05, 0.1) is 12.7 Å². The molecular formula is C13H16N2O6. The highest BCUT2D eigenvalue weighted by atomic mass is 16.5. The number of hydrogen-bond acceptors (Lipinski definition) is 5. The molecule has 8 heteroatoms. The second-order valence-corrected chi connectivity index (χ2v) is 4.23. The van der Waals surface area contributed by atoms with E-state index >= 15 is 0 Å². The molecular weight excluding hydrogens is 280 g/mol. The number of nitrogens with one attached hydrogen (secondary N) is 1. The summed E-state index contributed by atoms with van der Waals surface area (Å²) in [4.78, 5) is 33.7. The first kappa shape index (κ1) is 16.3. The van der Waals surface area contributed by atoms with Gasteiger partial charge in [-0.1, -0.05) is 6.07 Å². The Balaban J connectivity index is 2.87. The van der Waals surface area contributed by atoms with E-state index in [1.54, 1.807) is 0 Å². The molecule has 1 aromatic carbocycles. The average Bonchev–Trinajstić information content (AvgIpc) is 2.42. The number of aromatic hydroxyl groups is 1. The topological polar surface area (TPSA) is 139 Å². The number of phenolic OH excluding ortho intramolecular Hbond substituents is 1. The Labute approximate surface area is 120 Å². The van der Waals surface area contributed by atoms with Crippen molar-refractivity contribution in [1.82, 2.24) is 5.32 Å². The third-order valence-corrected chi connectivity index (χ3v) is 2.75. The van der Waals surface area contributed by atoms with Crippen molar-refractivity contribution in [2.45, 2.75) is 18.9 Å². The van der Waals surface area contributed by atoms with E-state index in [0.717, 1.165) is 0 Å². The smallest absolute Gasteiger partial charge is 0.326 e. The van der Waals surface area contributed by atoms with Crippen LogP contribution in [-0.4, -0.2) is 41.1 Å². The Hall–Kier alpha value is -2.77. The zero-order valence-corrected chi connectivity index (χ0v) is 11.3. The van der Waals surface area contributed by atoms with Crippen molar-refractivity contribution in [3.8, 4) is 11.5 Å². The summed E-state index contributed by atoms with van der Waals surface area (Å²) in [7, 11) is 1.32. The molecule has 0 radical (unpaired) electrons. The van der Waals surface area contributed by atoms with Gasteiger partial charge in [-0.25, -0.2) is 4.79 Å². The van der Waals surface area contributed by atoms with Crippen molar-refractivity contribution < 1.29 is 29.3 Å². The van der Waals surface area contributed by atoms with Gasteiger partial charge in [-0.2, -0.15) is 0 Å². The normalized spacial score (nSPS) is 11.5. The van der Waals surface area contributed by atoms with E-state index in [0.29, 0.717) is 0 Å². The van der Waals surface area contributed by atoms with Crippen molar-refractivity contribution in [1.29, 1.82) is 0 Å². The van der Waals surface area contributed by atoms with Crippen LogP contribution in [-0.2, 0) is 9.59 Å². The highest BCUT2D eigenvalue weighted by Gasteiger charge is 2.23. The summed E-state index contributed by atoms with van der Waals surface area (Å²) in [6.45, 7) is 0. The second kappa shape index (κ2) is 7.13. The van der Waals surface area contributed by atoms with Gasteiger partial charge in [0.2, 0.25) is 5.91 Å². The number of aliphatic carboxylic acids is 1. The number of amides is 2. The van der Waals surface area contributed by atoms with E-state index in [4.69, 9.17) is 15.6 Å². The fraction of sp³-hybridized carbons (Fsp3) is 0.308. The van der Waals surface area contributed by atoms with Crippen LogP contribution < -0.4 is 15.8 Å². The molecule has 0 aliphatic carbocycles. The molecule has 5 N–H and O–H groups in total. The Morgan fingerprint density at radius 3 is 2.57 bits per heavy atom. The Kier molecular flexibility index (Phi) is 5.53. The van der Waals surface area contributed by atoms with Crippen molar-refractivity contribution >= 4 is 17.8 Å². The summed E-state index contributed by atoms with van der Waals surface area (Å²) < 4.78 is 4.86. The van der Waals surface area contributed by atoms with Crippen LogP contribution in [0.5, 0.6) is 11.5 Å². The van der Waals surface area contributed by atoms with Gasteiger partial charge in [0.15, 0.2) is 11.5 Å². The maximum absolute atomic E-state index is 12.0. The zero-order valence-electron chi connectivity index (χ0n) is 11.3. The minimum absolute atomic E-state index is 0.0895. The molecule has 0 aliphatic heterocycles. The monoisotopic (exact) mass is 296 g/mol. The summed E-state index contributed by atoms with van der Waals surface area (Å²) in [5.41, 5.74) is 4.82. The first-order chi connectivity index (χ1) is 9.86. The van der Waals surface area contributed by atoms with Crippen LogP contribution in [0.25, 0.3) is 0 Å². The number of benzene rings is 1. The molecule has 1 atom stereocenters. The average molecular weight is 296 g/mol. The first-order valence-electron chi connectivity index (χ1n) is 6.04. The molecule has 0 aliphatic rings. The van der Waals surface area contributed by atoms with Crippen molar-refractivity contribution in [2.24, 2.45) is 5.73 Å². The van der Waals surface area contributed by atoms with E-state index in [2.05, 4.69) is 5.32 Å². The van der Waals surface area contributed by atoms with E-state index in [9.17, 15) is 19.5 Å². The molecule has 0 fully saturated rings. The van der Waals surface area contributed by atoms with Crippen LogP contribution in [0.1, 0.15) is 23.2 Å². The standard InChI is InChI=1S/C13H16N2O6/c1-21-9-4-2-3-7(11(9)17)12(18)15-8(13(19)20)5-6-10(14)16/h2-4,8,17H,5-6H2,1H3,(H2,14,16)(H,15,18)(H,19,20)/t8-/m1/s1. The molecule has 0 bridgehead atoms. The molecule has 0 heterocycles. The quantitative estimate of drug-likeness (QED) is 0.552. The highest BCUT2D eigenvalue weighted by molar-refractivity contribution is 5.99. The number of ether oxygens (including phenoxy) is 1. The van der Waals surface area contributed by atoms with Gasteiger partial charge >= 0.3 is 5.97 Å². The lowest BCUT2D eigenvalue weighted by Crippen LogP contribution is -2.41. The van der Waals surface area contributed by atoms with Crippen molar-refractivity contribution in [3.63, 3.8) is 0 Å². The predicted octanol–water partition coefficient (Wildman–Crippen LogP) is -0.151. The van der Waals surface area contributed by atoms with Crippen molar-refractivity contribution in [2.75, 3.05) is 7.11 Å². The number of carboxylic acid groups (broad SMARTS) is 1. The number of carbonyl (C=O) groups excluding carboxylic acids is 2. The number of nitrogens with two attached hydrogens (primary N) is 1. The van der Waals surface area contributed by atoms with Crippen LogP contribution in [0.3, 0.4) is 0 Å². The maximum Gasteiger partial charge on any atom is 0.326 e. The molecule has 0 aromatic heterocycles. The number of phenols is 1. The number of carboxylic acids is 1. The molecule has 0 spiro atoms. The summed E-state index contributed by atoms with van der Waals surface area (Å²) in [6.07, 6.45) is -0.317. The van der Waals surface area contributed by atoms with E-state index in [-0.39, 0.29) is 24.2 Å². The van der Waals surface area contributed by atoms with Crippen LogP contribution in [0.2, 0.25) is 0 Å². The lowest BCUT2D eigenvalue weighted by atomic mass is 10.1. The van der Waals surface area contributed by atoms with Crippen molar-refractivity contribution in [3.05, 3.63) is 23.8 Å². The molecule has 21 heavy (non-hydrogen) atoms. The number of rotatable bonds is 7. The fourth-order valence-electron chi connectivity index (χ4n) is 1.65. The first-order valence-corrected chi connectivity index (χ1v) is 6.04. The predicted molar refractivity (Wildman–Crippen MR) is 72.0 cm³/mol. The fourth-order valence-corrected chi connectivity index (χ4v) is 1.65. The number of methoxy groups -OCH3 is 1. The van der Waals surface area contributed by atoms with E-state index in [1.165, 1.54) is 25.3 Å². The second-order valence-electron chi connectivity index (χ2n) is 4.23. The van der Waals surface area contributed by atoms with Crippen LogP contribution in [0, 0.1) is 0 Å².